The Labute approximate surface area is 87.6 Å². The van der Waals surface area contributed by atoms with Crippen LogP contribution in [0, 0.1) is 0 Å². The van der Waals surface area contributed by atoms with Gasteiger partial charge < -0.3 is 0 Å². The third-order valence-corrected chi connectivity index (χ3v) is 2.68. The lowest BCUT2D eigenvalue weighted by Gasteiger charge is -2.05. The van der Waals surface area contributed by atoms with Crippen LogP contribution in [-0.4, -0.2) is 6.18 Å². The number of allylic oxidation sites excluding steroid dienone is 1. The number of alkyl halides is 3. The van der Waals surface area contributed by atoms with Crippen LogP contribution < -0.4 is 0 Å². The smallest absolute Gasteiger partial charge is 0.166 e. The monoisotopic (exact) mass is 262 g/mol. The summed E-state index contributed by atoms with van der Waals surface area (Å²) in [5.74, 6) is 0. The zero-order valence-electron chi connectivity index (χ0n) is 7.03. The van der Waals surface area contributed by atoms with Crippen LogP contribution in [-0.2, 0) is 6.42 Å². The third kappa shape index (κ3) is 1.71. The van der Waals surface area contributed by atoms with Crippen LogP contribution in [0.3, 0.4) is 0 Å². The van der Waals surface area contributed by atoms with Crippen molar-refractivity contribution in [2.75, 3.05) is 0 Å². The van der Waals surface area contributed by atoms with Gasteiger partial charge in [-0.05, 0) is 29.3 Å². The van der Waals surface area contributed by atoms with Gasteiger partial charge in [0, 0.05) is 16.5 Å². The van der Waals surface area contributed by atoms with Crippen molar-refractivity contribution in [2.45, 2.75) is 12.6 Å². The van der Waals surface area contributed by atoms with E-state index in [1.165, 1.54) is 6.08 Å². The summed E-state index contributed by atoms with van der Waals surface area (Å²) in [5.41, 5.74) is 0.929. The van der Waals surface area contributed by atoms with Gasteiger partial charge in [0.15, 0.2) is 0 Å². The first-order valence-corrected chi connectivity index (χ1v) is 4.82. The molecule has 14 heavy (non-hydrogen) atoms. The zero-order valence-corrected chi connectivity index (χ0v) is 8.61. The predicted molar refractivity (Wildman–Crippen MR) is 51.9 cm³/mol. The van der Waals surface area contributed by atoms with Gasteiger partial charge in [-0.2, -0.15) is 13.2 Å². The van der Waals surface area contributed by atoms with Crippen LogP contribution >= 0.6 is 15.9 Å². The van der Waals surface area contributed by atoms with Gasteiger partial charge in [-0.3, -0.25) is 0 Å². The molecule has 0 atom stereocenters. The maximum Gasteiger partial charge on any atom is 0.413 e. The van der Waals surface area contributed by atoms with Crippen LogP contribution in [0.1, 0.15) is 11.1 Å². The molecule has 0 spiro atoms. The van der Waals surface area contributed by atoms with Crippen LogP contribution in [0.2, 0.25) is 0 Å². The molecule has 0 saturated carbocycles. The molecule has 0 bridgehead atoms. The van der Waals surface area contributed by atoms with Crippen LogP contribution in [0.15, 0.2) is 28.2 Å². The molecule has 0 radical (unpaired) electrons. The molecule has 0 unspecified atom stereocenters. The van der Waals surface area contributed by atoms with Crippen LogP contribution in [0.25, 0.3) is 6.08 Å². The Bertz CT molecular complexity index is 404. The molecule has 0 aliphatic heterocycles. The second kappa shape index (κ2) is 3.12. The van der Waals surface area contributed by atoms with E-state index in [-0.39, 0.29) is 6.42 Å². The fourth-order valence-corrected chi connectivity index (χ4v) is 1.87. The first-order chi connectivity index (χ1) is 6.47. The lowest BCUT2D eigenvalue weighted by atomic mass is 10.1. The number of rotatable bonds is 0. The van der Waals surface area contributed by atoms with Gasteiger partial charge in [0.1, 0.15) is 0 Å². The van der Waals surface area contributed by atoms with Gasteiger partial charge in [-0.1, -0.05) is 22.0 Å². The predicted octanol–water partition coefficient (Wildman–Crippen LogP) is 3.95. The van der Waals surface area contributed by atoms with E-state index in [9.17, 15) is 13.2 Å². The molecule has 1 aliphatic rings. The van der Waals surface area contributed by atoms with E-state index >= 15 is 0 Å². The molecule has 0 N–H and O–H groups in total. The highest BCUT2D eigenvalue weighted by Gasteiger charge is 2.36. The molecule has 1 aliphatic carbocycles. The van der Waals surface area contributed by atoms with Crippen molar-refractivity contribution < 1.29 is 13.2 Å². The Morgan fingerprint density at radius 3 is 2.57 bits per heavy atom. The Balaban J connectivity index is 2.39. The minimum Gasteiger partial charge on any atom is -0.166 e. The van der Waals surface area contributed by atoms with Gasteiger partial charge >= 0.3 is 6.18 Å². The molecule has 2 rings (SSSR count). The molecular weight excluding hydrogens is 257 g/mol. The number of fused-ring (bicyclic) bond motifs is 1. The maximum absolute atomic E-state index is 12.3. The number of halogens is 4. The molecule has 1 aromatic rings. The minimum absolute atomic E-state index is 0.00782. The maximum atomic E-state index is 12.3. The summed E-state index contributed by atoms with van der Waals surface area (Å²) >= 11 is 3.22. The highest BCUT2D eigenvalue weighted by molar-refractivity contribution is 9.10. The van der Waals surface area contributed by atoms with Crippen molar-refractivity contribution in [1.82, 2.24) is 0 Å². The van der Waals surface area contributed by atoms with E-state index in [0.29, 0.717) is 5.56 Å². The average Bonchev–Trinajstić information content (AvgIpc) is 2.45. The lowest BCUT2D eigenvalue weighted by Crippen LogP contribution is -2.11. The minimum atomic E-state index is -4.20. The van der Waals surface area contributed by atoms with Crippen LogP contribution in [0.5, 0.6) is 0 Å². The summed E-state index contributed by atoms with van der Waals surface area (Å²) in [7, 11) is 0. The standard InChI is InChI=1S/C10H6BrF3/c11-9-2-1-6-3-8(10(12,13)14)4-7(6)5-9/h1-2,4-5H,3H2. The molecule has 0 aromatic heterocycles. The summed E-state index contributed by atoms with van der Waals surface area (Å²) < 4.78 is 37.8. The molecule has 0 fully saturated rings. The van der Waals surface area contributed by atoms with E-state index in [0.717, 1.165) is 10.0 Å². The van der Waals surface area contributed by atoms with Crippen molar-refractivity contribution in [2.24, 2.45) is 0 Å². The van der Waals surface area contributed by atoms with E-state index in [2.05, 4.69) is 15.9 Å². The Hall–Kier alpha value is -0.770. The Kier molecular flexibility index (Phi) is 2.18. The fraction of sp³-hybridized carbons (Fsp3) is 0.200. The van der Waals surface area contributed by atoms with Crippen molar-refractivity contribution in [3.05, 3.63) is 39.4 Å². The second-order valence-corrected chi connectivity index (χ2v) is 4.10. The summed E-state index contributed by atoms with van der Waals surface area (Å²) in [6.45, 7) is 0. The molecule has 0 nitrogen and oxygen atoms in total. The van der Waals surface area contributed by atoms with Gasteiger partial charge in [0.05, 0.1) is 0 Å². The van der Waals surface area contributed by atoms with Gasteiger partial charge in [0.25, 0.3) is 0 Å². The van der Waals surface area contributed by atoms with Crippen molar-refractivity contribution in [3.63, 3.8) is 0 Å². The number of hydrogen-bond acceptors (Lipinski definition) is 0. The fourth-order valence-electron chi connectivity index (χ4n) is 1.49. The molecule has 0 heterocycles. The summed E-state index contributed by atoms with van der Waals surface area (Å²) in [4.78, 5) is 0. The van der Waals surface area contributed by atoms with Crippen molar-refractivity contribution in [1.29, 1.82) is 0 Å². The van der Waals surface area contributed by atoms with Gasteiger partial charge in [-0.25, -0.2) is 0 Å². The first-order valence-electron chi connectivity index (χ1n) is 4.03. The average molecular weight is 263 g/mol. The Morgan fingerprint density at radius 1 is 1.21 bits per heavy atom. The van der Waals surface area contributed by atoms with Crippen LogP contribution in [0.4, 0.5) is 13.2 Å². The number of hydrogen-bond donors (Lipinski definition) is 0. The van der Waals surface area contributed by atoms with E-state index < -0.39 is 11.7 Å². The van der Waals surface area contributed by atoms with Gasteiger partial charge in [-0.15, -0.1) is 0 Å². The highest BCUT2D eigenvalue weighted by Crippen LogP contribution is 2.36. The SMILES string of the molecule is FC(F)(F)C1=Cc2cc(Br)ccc2C1. The molecule has 4 heteroatoms. The molecule has 0 saturated heterocycles. The van der Waals surface area contributed by atoms with Crippen molar-refractivity contribution >= 4 is 22.0 Å². The first kappa shape index (κ1) is 9.77. The highest BCUT2D eigenvalue weighted by atomic mass is 79.9. The summed E-state index contributed by atoms with van der Waals surface area (Å²) in [6.07, 6.45) is -3.00. The third-order valence-electron chi connectivity index (χ3n) is 2.18. The van der Waals surface area contributed by atoms with E-state index in [4.69, 9.17) is 0 Å². The second-order valence-electron chi connectivity index (χ2n) is 3.19. The van der Waals surface area contributed by atoms with E-state index in [1.54, 1.807) is 18.2 Å². The summed E-state index contributed by atoms with van der Waals surface area (Å²) in [5, 5.41) is 0. The summed E-state index contributed by atoms with van der Waals surface area (Å²) in [6, 6.07) is 5.18. The number of benzene rings is 1. The molecule has 74 valence electrons. The largest absolute Gasteiger partial charge is 0.413 e. The zero-order chi connectivity index (χ0) is 10.3. The Morgan fingerprint density at radius 2 is 1.93 bits per heavy atom. The molecular formula is C10H6BrF3. The van der Waals surface area contributed by atoms with E-state index in [1.807, 2.05) is 0 Å². The topological polar surface area (TPSA) is 0 Å². The lowest BCUT2D eigenvalue weighted by molar-refractivity contribution is -0.0918. The quantitative estimate of drug-likeness (QED) is 0.664. The normalized spacial score (nSPS) is 15.3. The molecule has 1 aromatic carbocycles. The van der Waals surface area contributed by atoms with Gasteiger partial charge in [0.2, 0.25) is 0 Å². The molecule has 0 amide bonds. The van der Waals surface area contributed by atoms with Crippen molar-refractivity contribution in [3.8, 4) is 0 Å².